The number of fused-ring (bicyclic) bond motifs is 1. The highest BCUT2D eigenvalue weighted by atomic mass is 32.1. The molecule has 2 heterocycles. The summed E-state index contributed by atoms with van der Waals surface area (Å²) in [6, 6.07) is 27.7. The van der Waals surface area contributed by atoms with Crippen LogP contribution in [-0.4, -0.2) is 41.7 Å². The molecule has 0 unspecified atom stereocenters. The van der Waals surface area contributed by atoms with Crippen LogP contribution in [0.2, 0.25) is 0 Å². The molecule has 7 heteroatoms. The van der Waals surface area contributed by atoms with Gasteiger partial charge in [0, 0.05) is 30.0 Å². The second kappa shape index (κ2) is 8.61. The van der Waals surface area contributed by atoms with E-state index in [1.54, 1.807) is 6.08 Å². The van der Waals surface area contributed by atoms with E-state index in [0.717, 1.165) is 41.8 Å². The van der Waals surface area contributed by atoms with Crippen molar-refractivity contribution in [3.05, 3.63) is 95.4 Å². The fourth-order valence-corrected chi connectivity index (χ4v) is 5.01. The van der Waals surface area contributed by atoms with Gasteiger partial charge >= 0.3 is 6.03 Å². The van der Waals surface area contributed by atoms with Crippen molar-refractivity contribution in [2.45, 2.75) is 0 Å². The quantitative estimate of drug-likeness (QED) is 0.281. The third-order valence-corrected chi connectivity index (χ3v) is 6.80. The standard InChI is InChI=1S/C27H21N3O3S/c1-28-25(31)22(26(32)29(2)27(28)33)17-20-15-16-24(34-20)30(19-11-4-3-5-12-19)23-14-8-10-18-9-6-7-13-21(18)23/h3-17H,1-2H3. The summed E-state index contributed by atoms with van der Waals surface area (Å²) in [5.41, 5.74) is 1.99. The second-order valence-electron chi connectivity index (χ2n) is 7.91. The lowest BCUT2D eigenvalue weighted by Gasteiger charge is -2.28. The lowest BCUT2D eigenvalue weighted by atomic mass is 10.1. The van der Waals surface area contributed by atoms with Gasteiger partial charge in [-0.2, -0.15) is 0 Å². The normalized spacial score (nSPS) is 14.2. The predicted molar refractivity (Wildman–Crippen MR) is 135 cm³/mol. The lowest BCUT2D eigenvalue weighted by Crippen LogP contribution is -2.52. The molecule has 0 aliphatic carbocycles. The number of carbonyl (C=O) groups excluding carboxylic acids is 3. The first kappa shape index (κ1) is 21.6. The molecule has 1 aliphatic rings. The van der Waals surface area contributed by atoms with E-state index >= 15 is 0 Å². The number of hydrogen-bond donors (Lipinski definition) is 0. The zero-order valence-corrected chi connectivity index (χ0v) is 19.5. The van der Waals surface area contributed by atoms with Crippen molar-refractivity contribution < 1.29 is 14.4 Å². The van der Waals surface area contributed by atoms with Gasteiger partial charge in [-0.15, -0.1) is 11.3 Å². The maximum Gasteiger partial charge on any atom is 0.333 e. The Labute approximate surface area is 200 Å². The van der Waals surface area contributed by atoms with Crippen LogP contribution in [0.15, 0.2) is 90.5 Å². The van der Waals surface area contributed by atoms with Crippen LogP contribution in [-0.2, 0) is 9.59 Å². The summed E-state index contributed by atoms with van der Waals surface area (Å²) in [5, 5.41) is 3.18. The Kier molecular flexibility index (Phi) is 5.47. The van der Waals surface area contributed by atoms with Crippen molar-refractivity contribution in [2.75, 3.05) is 19.0 Å². The number of nitrogens with zero attached hydrogens (tertiary/aromatic N) is 3. The van der Waals surface area contributed by atoms with Crippen molar-refractivity contribution in [1.82, 2.24) is 9.80 Å². The molecule has 0 radical (unpaired) electrons. The Morgan fingerprint density at radius 3 is 2.12 bits per heavy atom. The molecule has 34 heavy (non-hydrogen) atoms. The van der Waals surface area contributed by atoms with Crippen molar-refractivity contribution in [3.63, 3.8) is 0 Å². The van der Waals surface area contributed by atoms with Gasteiger partial charge in [-0.3, -0.25) is 19.4 Å². The van der Waals surface area contributed by atoms with E-state index in [1.165, 1.54) is 25.4 Å². The highest BCUT2D eigenvalue weighted by molar-refractivity contribution is 7.17. The fourth-order valence-electron chi connectivity index (χ4n) is 4.02. The first-order valence-electron chi connectivity index (χ1n) is 10.7. The summed E-state index contributed by atoms with van der Waals surface area (Å²) in [6.45, 7) is 0. The van der Waals surface area contributed by atoms with Gasteiger partial charge in [0.1, 0.15) is 10.6 Å². The smallest absolute Gasteiger partial charge is 0.301 e. The monoisotopic (exact) mass is 467 g/mol. The SMILES string of the molecule is CN1C(=O)C(=Cc2ccc(N(c3ccccc3)c3cccc4ccccc34)s2)C(=O)N(C)C1=O. The summed E-state index contributed by atoms with van der Waals surface area (Å²) in [7, 11) is 2.75. The van der Waals surface area contributed by atoms with E-state index in [0.29, 0.717) is 0 Å². The molecule has 3 aromatic carbocycles. The lowest BCUT2D eigenvalue weighted by molar-refractivity contribution is -0.134. The zero-order valence-electron chi connectivity index (χ0n) is 18.6. The molecular formula is C27H21N3O3S. The van der Waals surface area contributed by atoms with E-state index in [4.69, 9.17) is 0 Å². The molecule has 1 aromatic heterocycles. The number of benzene rings is 3. The van der Waals surface area contributed by atoms with Gasteiger partial charge in [0.2, 0.25) is 0 Å². The molecular weight excluding hydrogens is 446 g/mol. The first-order chi connectivity index (χ1) is 16.5. The largest absolute Gasteiger partial charge is 0.333 e. The third-order valence-electron chi connectivity index (χ3n) is 5.79. The number of rotatable bonds is 4. The van der Waals surface area contributed by atoms with Crippen LogP contribution < -0.4 is 4.90 Å². The van der Waals surface area contributed by atoms with Crippen LogP contribution in [0.25, 0.3) is 16.8 Å². The molecule has 0 saturated carbocycles. The van der Waals surface area contributed by atoms with Crippen LogP contribution in [0.3, 0.4) is 0 Å². The number of barbiturate groups is 1. The second-order valence-corrected chi connectivity index (χ2v) is 9.01. The van der Waals surface area contributed by atoms with E-state index in [1.807, 2.05) is 60.7 Å². The summed E-state index contributed by atoms with van der Waals surface area (Å²) >= 11 is 1.46. The molecule has 0 N–H and O–H groups in total. The molecule has 0 atom stereocenters. The van der Waals surface area contributed by atoms with Crippen LogP contribution in [0, 0.1) is 0 Å². The van der Waals surface area contributed by atoms with Crippen LogP contribution >= 0.6 is 11.3 Å². The Morgan fingerprint density at radius 1 is 0.735 bits per heavy atom. The highest BCUT2D eigenvalue weighted by Crippen LogP contribution is 2.42. The maximum absolute atomic E-state index is 12.6. The summed E-state index contributed by atoms with van der Waals surface area (Å²) < 4.78 is 0. The number of para-hydroxylation sites is 1. The molecule has 1 aliphatic heterocycles. The van der Waals surface area contributed by atoms with Gasteiger partial charge in [-0.25, -0.2) is 4.79 Å². The number of likely N-dealkylation sites (N-methyl/N-ethyl adjacent to an activating group) is 2. The van der Waals surface area contributed by atoms with Crippen molar-refractivity contribution >= 4 is 62.4 Å². The number of hydrogen-bond acceptors (Lipinski definition) is 5. The minimum Gasteiger partial charge on any atom is -0.301 e. The minimum atomic E-state index is -0.634. The topological polar surface area (TPSA) is 60.9 Å². The molecule has 1 fully saturated rings. The molecule has 168 valence electrons. The summed E-state index contributed by atoms with van der Waals surface area (Å²) in [5.74, 6) is -1.20. The molecule has 4 amide bonds. The van der Waals surface area contributed by atoms with Crippen LogP contribution in [0.5, 0.6) is 0 Å². The van der Waals surface area contributed by atoms with Gasteiger partial charge in [0.25, 0.3) is 11.8 Å². The van der Waals surface area contributed by atoms with Crippen LogP contribution in [0.4, 0.5) is 21.2 Å². The van der Waals surface area contributed by atoms with Gasteiger partial charge in [0.05, 0.1) is 5.69 Å². The Bertz CT molecular complexity index is 1430. The number of carbonyl (C=O) groups is 3. The molecule has 0 bridgehead atoms. The number of thiophene rings is 1. The van der Waals surface area contributed by atoms with E-state index < -0.39 is 17.8 Å². The summed E-state index contributed by atoms with van der Waals surface area (Å²) in [6.07, 6.45) is 1.56. The number of anilines is 3. The molecule has 5 rings (SSSR count). The highest BCUT2D eigenvalue weighted by Gasteiger charge is 2.37. The number of imide groups is 2. The minimum absolute atomic E-state index is 0.0329. The van der Waals surface area contributed by atoms with E-state index in [-0.39, 0.29) is 5.57 Å². The van der Waals surface area contributed by atoms with Crippen molar-refractivity contribution in [3.8, 4) is 0 Å². The Hall–Kier alpha value is -4.23. The Balaban J connectivity index is 1.61. The van der Waals surface area contributed by atoms with Gasteiger partial charge in [0.15, 0.2) is 0 Å². The zero-order chi connectivity index (χ0) is 23.8. The first-order valence-corrected chi connectivity index (χ1v) is 11.5. The number of amides is 4. The van der Waals surface area contributed by atoms with Crippen molar-refractivity contribution in [2.24, 2.45) is 0 Å². The predicted octanol–water partition coefficient (Wildman–Crippen LogP) is 5.80. The van der Waals surface area contributed by atoms with Gasteiger partial charge in [-0.1, -0.05) is 54.6 Å². The van der Waals surface area contributed by atoms with Gasteiger partial charge in [-0.05, 0) is 41.8 Å². The Morgan fingerprint density at radius 2 is 1.38 bits per heavy atom. The van der Waals surface area contributed by atoms with Crippen LogP contribution in [0.1, 0.15) is 4.88 Å². The van der Waals surface area contributed by atoms with Crippen molar-refractivity contribution in [1.29, 1.82) is 0 Å². The number of urea groups is 1. The fraction of sp³-hybridized carbons (Fsp3) is 0.0741. The molecule has 6 nitrogen and oxygen atoms in total. The average Bonchev–Trinajstić information content (AvgIpc) is 3.33. The van der Waals surface area contributed by atoms with E-state index in [2.05, 4.69) is 29.2 Å². The maximum atomic E-state index is 12.6. The average molecular weight is 468 g/mol. The third kappa shape index (κ3) is 3.66. The summed E-state index contributed by atoms with van der Waals surface area (Å²) in [4.78, 5) is 42.1. The van der Waals surface area contributed by atoms with E-state index in [9.17, 15) is 14.4 Å². The molecule has 1 saturated heterocycles. The molecule has 0 spiro atoms. The molecule has 4 aromatic rings. The van der Waals surface area contributed by atoms with Gasteiger partial charge < -0.3 is 4.90 Å².